The number of quaternary nitrogens is 1. The molecular weight excluding hydrogens is 828 g/mol. The molecule has 2 N–H and O–H groups in total. The molecule has 0 saturated heterocycles. The molecule has 8 nitrogen and oxygen atoms in total. The van der Waals surface area contributed by atoms with E-state index in [0.717, 1.165) is 57.8 Å². The summed E-state index contributed by atoms with van der Waals surface area (Å²) < 4.78 is 23.2. The molecule has 1 amide bonds. The number of nitrogens with zero attached hydrogens (tertiary/aromatic N) is 1. The molecule has 0 rings (SSSR count). The quantitative estimate of drug-likeness (QED) is 0.0272. The number of hydrogen-bond acceptors (Lipinski definition) is 6. The van der Waals surface area contributed by atoms with E-state index in [1.54, 1.807) is 6.08 Å². The number of allylic oxidation sites excluding steroid dienone is 11. The van der Waals surface area contributed by atoms with Gasteiger partial charge in [-0.05, 0) is 70.6 Å². The highest BCUT2D eigenvalue weighted by Gasteiger charge is 2.23. The zero-order valence-electron chi connectivity index (χ0n) is 42.9. The van der Waals surface area contributed by atoms with Gasteiger partial charge in [-0.3, -0.25) is 9.36 Å². The van der Waals surface area contributed by atoms with Crippen LogP contribution in [0.5, 0.6) is 0 Å². The van der Waals surface area contributed by atoms with Crippen LogP contribution in [0.25, 0.3) is 0 Å². The van der Waals surface area contributed by atoms with E-state index in [4.69, 9.17) is 9.05 Å². The van der Waals surface area contributed by atoms with Crippen LogP contribution >= 0.6 is 7.82 Å². The highest BCUT2D eigenvalue weighted by atomic mass is 31.2. The maximum absolute atomic E-state index is 12.9. The molecule has 0 aliphatic rings. The highest BCUT2D eigenvalue weighted by Crippen LogP contribution is 2.38. The largest absolute Gasteiger partial charge is 0.756 e. The van der Waals surface area contributed by atoms with Gasteiger partial charge in [0, 0.05) is 6.42 Å². The summed E-state index contributed by atoms with van der Waals surface area (Å²) >= 11 is 0. The monoisotopic (exact) mass is 931 g/mol. The average Bonchev–Trinajstić information content (AvgIpc) is 3.26. The Kier molecular flexibility index (Phi) is 45.5. The van der Waals surface area contributed by atoms with Crippen molar-refractivity contribution in [3.8, 4) is 0 Å². The van der Waals surface area contributed by atoms with Crippen LogP contribution < -0.4 is 10.2 Å². The number of aliphatic hydroxyl groups excluding tert-OH is 1. The maximum Gasteiger partial charge on any atom is 0.268 e. The van der Waals surface area contributed by atoms with Gasteiger partial charge in [-0.1, -0.05) is 222 Å². The molecule has 378 valence electrons. The second-order valence-electron chi connectivity index (χ2n) is 19.2. The van der Waals surface area contributed by atoms with Crippen LogP contribution in [0.4, 0.5) is 0 Å². The van der Waals surface area contributed by atoms with Crippen LogP contribution in [-0.4, -0.2) is 68.5 Å². The minimum atomic E-state index is -4.62. The minimum absolute atomic E-state index is 0.0177. The lowest BCUT2D eigenvalue weighted by Crippen LogP contribution is -2.45. The Labute approximate surface area is 402 Å². The van der Waals surface area contributed by atoms with Crippen molar-refractivity contribution in [1.29, 1.82) is 0 Å². The lowest BCUT2D eigenvalue weighted by molar-refractivity contribution is -0.870. The Bertz CT molecular complexity index is 1290. The number of carbonyl (C=O) groups excluding carboxylic acids is 1. The van der Waals surface area contributed by atoms with Crippen LogP contribution in [0.3, 0.4) is 0 Å². The lowest BCUT2D eigenvalue weighted by atomic mass is 10.0. The van der Waals surface area contributed by atoms with Gasteiger partial charge in [-0.25, -0.2) is 0 Å². The summed E-state index contributed by atoms with van der Waals surface area (Å²) in [5.74, 6) is -0.249. The number of aliphatic hydroxyl groups is 1. The molecule has 0 fully saturated rings. The van der Waals surface area contributed by atoms with E-state index in [0.29, 0.717) is 17.4 Å². The summed E-state index contributed by atoms with van der Waals surface area (Å²) in [6.07, 6.45) is 64.2. The van der Waals surface area contributed by atoms with Gasteiger partial charge in [0.25, 0.3) is 7.82 Å². The minimum Gasteiger partial charge on any atom is -0.756 e. The Balaban J connectivity index is 4.28. The number of rotatable bonds is 48. The van der Waals surface area contributed by atoms with Crippen molar-refractivity contribution in [2.24, 2.45) is 0 Å². The molecule has 0 radical (unpaired) electrons. The number of phosphoric ester groups is 1. The summed E-state index contributed by atoms with van der Waals surface area (Å²) in [5, 5.41) is 13.8. The standard InChI is InChI=1S/C56H103N2O6P/c1-6-8-10-12-14-16-18-20-22-23-24-25-26-27-28-29-30-31-32-33-34-36-37-39-41-43-45-47-49-55(59)54(53-64-65(61,62)63-52-51-58(3,4)5)57-56(60)50-48-46-44-42-40-38-35-21-19-17-15-13-11-9-7-2/h9,11,15,17,21,35,39-42,47,49,54-55,59H,6-8,10,12-14,16,18-20,22-34,36-38,43-46,48,50-53H2,1-5H3,(H-,57,60,61,62)/b11-9-,17-15-,35-21-,41-39+,42-40-,49-47+. The Morgan fingerprint density at radius 3 is 1.43 bits per heavy atom. The fourth-order valence-electron chi connectivity index (χ4n) is 7.45. The van der Waals surface area contributed by atoms with Crippen molar-refractivity contribution < 1.29 is 32.9 Å². The van der Waals surface area contributed by atoms with Crippen molar-refractivity contribution in [2.45, 2.75) is 238 Å². The smallest absolute Gasteiger partial charge is 0.268 e. The SMILES string of the molecule is CC/C=C\C/C=C\C/C=C\C/C=C\CCCCC(=O)NC(COP(=O)([O-])OCC[N+](C)(C)C)C(O)/C=C/CC/C=C/CCCCCCCCCCCCCCCCCCCCCCCC. The molecule has 0 bridgehead atoms. The summed E-state index contributed by atoms with van der Waals surface area (Å²) in [7, 11) is 1.21. The average molecular weight is 931 g/mol. The normalized spacial score (nSPS) is 14.6. The maximum atomic E-state index is 12.9. The van der Waals surface area contributed by atoms with Gasteiger partial charge in [-0.2, -0.15) is 0 Å². The first-order valence-corrected chi connectivity index (χ1v) is 28.3. The Morgan fingerprint density at radius 1 is 0.554 bits per heavy atom. The molecule has 0 aromatic heterocycles. The lowest BCUT2D eigenvalue weighted by Gasteiger charge is -2.29. The third kappa shape index (κ3) is 49.7. The first-order chi connectivity index (χ1) is 31.5. The summed E-state index contributed by atoms with van der Waals surface area (Å²) in [6.45, 7) is 4.48. The predicted molar refractivity (Wildman–Crippen MR) is 279 cm³/mol. The molecule has 0 aromatic carbocycles. The second kappa shape index (κ2) is 47.0. The van der Waals surface area contributed by atoms with E-state index < -0.39 is 26.6 Å². The summed E-state index contributed by atoms with van der Waals surface area (Å²) in [4.78, 5) is 25.4. The molecular formula is C56H103N2O6P. The van der Waals surface area contributed by atoms with Crippen molar-refractivity contribution in [3.05, 3.63) is 72.9 Å². The third-order valence-electron chi connectivity index (χ3n) is 11.7. The van der Waals surface area contributed by atoms with Crippen molar-refractivity contribution in [2.75, 3.05) is 40.9 Å². The molecule has 0 aromatic rings. The first-order valence-electron chi connectivity index (χ1n) is 26.8. The number of carbonyl (C=O) groups is 1. The van der Waals surface area contributed by atoms with Crippen LogP contribution in [0.2, 0.25) is 0 Å². The Hall–Kier alpha value is -2.06. The van der Waals surface area contributed by atoms with Crippen LogP contribution in [0.15, 0.2) is 72.9 Å². The van der Waals surface area contributed by atoms with E-state index in [1.807, 2.05) is 27.2 Å². The van der Waals surface area contributed by atoms with E-state index in [9.17, 15) is 19.4 Å². The molecule has 9 heteroatoms. The molecule has 3 atom stereocenters. The fraction of sp³-hybridized carbons (Fsp3) is 0.768. The molecule has 0 aliphatic carbocycles. The molecule has 3 unspecified atom stereocenters. The number of phosphoric acid groups is 1. The van der Waals surface area contributed by atoms with E-state index >= 15 is 0 Å². The number of hydrogen-bond donors (Lipinski definition) is 2. The van der Waals surface area contributed by atoms with Crippen molar-refractivity contribution in [3.63, 3.8) is 0 Å². The summed E-state index contributed by atoms with van der Waals surface area (Å²) in [5.41, 5.74) is 0. The zero-order chi connectivity index (χ0) is 47.8. The fourth-order valence-corrected chi connectivity index (χ4v) is 8.18. The van der Waals surface area contributed by atoms with Gasteiger partial charge in [0.05, 0.1) is 39.9 Å². The zero-order valence-corrected chi connectivity index (χ0v) is 43.8. The number of amides is 1. The predicted octanol–water partition coefficient (Wildman–Crippen LogP) is 15.3. The summed E-state index contributed by atoms with van der Waals surface area (Å²) in [6, 6.07) is -0.929. The number of likely N-dealkylation sites (N-methyl/N-ethyl adjacent to an activating group) is 1. The second-order valence-corrected chi connectivity index (χ2v) is 20.6. The highest BCUT2D eigenvalue weighted by molar-refractivity contribution is 7.45. The van der Waals surface area contributed by atoms with Gasteiger partial charge in [0.15, 0.2) is 0 Å². The topological polar surface area (TPSA) is 108 Å². The molecule has 0 aliphatic heterocycles. The Morgan fingerprint density at radius 2 is 0.954 bits per heavy atom. The van der Waals surface area contributed by atoms with Crippen LogP contribution in [-0.2, 0) is 18.4 Å². The van der Waals surface area contributed by atoms with Crippen molar-refractivity contribution >= 4 is 13.7 Å². The number of nitrogens with one attached hydrogen (secondary N) is 1. The molecule has 0 saturated carbocycles. The van der Waals surface area contributed by atoms with Crippen LogP contribution in [0, 0.1) is 0 Å². The molecule has 0 spiro atoms. The van der Waals surface area contributed by atoms with E-state index in [-0.39, 0.29) is 18.9 Å². The van der Waals surface area contributed by atoms with Gasteiger partial charge in [0.1, 0.15) is 13.2 Å². The van der Waals surface area contributed by atoms with Gasteiger partial charge < -0.3 is 28.8 Å². The molecule has 0 heterocycles. The van der Waals surface area contributed by atoms with Gasteiger partial charge >= 0.3 is 0 Å². The van der Waals surface area contributed by atoms with E-state index in [1.165, 1.54) is 141 Å². The van der Waals surface area contributed by atoms with Gasteiger partial charge in [-0.15, -0.1) is 0 Å². The molecule has 65 heavy (non-hydrogen) atoms. The first kappa shape index (κ1) is 62.9. The van der Waals surface area contributed by atoms with Crippen molar-refractivity contribution in [1.82, 2.24) is 5.32 Å². The third-order valence-corrected chi connectivity index (χ3v) is 12.6. The van der Waals surface area contributed by atoms with Crippen LogP contribution in [0.1, 0.15) is 226 Å². The van der Waals surface area contributed by atoms with Gasteiger partial charge in [0.2, 0.25) is 5.91 Å². The van der Waals surface area contributed by atoms with E-state index in [2.05, 4.69) is 79.9 Å². The number of unbranched alkanes of at least 4 members (excludes halogenated alkanes) is 25.